The predicted octanol–water partition coefficient (Wildman–Crippen LogP) is 0.832. The molecule has 5 heteroatoms. The molecule has 1 rings (SSSR count). The maximum Gasteiger partial charge on any atom is 0.328 e. The molecule has 1 aliphatic rings. The van der Waals surface area contributed by atoms with Gasteiger partial charge < -0.3 is 15.4 Å². The summed E-state index contributed by atoms with van der Waals surface area (Å²) in [7, 11) is 0. The van der Waals surface area contributed by atoms with Gasteiger partial charge in [-0.3, -0.25) is 4.79 Å². The molecule has 1 heterocycles. The van der Waals surface area contributed by atoms with Crippen molar-refractivity contribution >= 4 is 11.9 Å². The zero-order valence-corrected chi connectivity index (χ0v) is 11.5. The summed E-state index contributed by atoms with van der Waals surface area (Å²) in [5.74, 6) is -0.0972. The van der Waals surface area contributed by atoms with Crippen LogP contribution in [0.25, 0.3) is 0 Å². The van der Waals surface area contributed by atoms with E-state index in [4.69, 9.17) is 4.74 Å². The SMILES string of the molecule is CCOC(=O)[C@H](CC(C)C)NC(=O)[C@@H]1CCCN1. The normalized spacial score (nSPS) is 20.8. The summed E-state index contributed by atoms with van der Waals surface area (Å²) in [4.78, 5) is 23.7. The molecule has 104 valence electrons. The summed E-state index contributed by atoms with van der Waals surface area (Å²) < 4.78 is 4.99. The van der Waals surface area contributed by atoms with Gasteiger partial charge in [-0.1, -0.05) is 13.8 Å². The molecule has 2 N–H and O–H groups in total. The molecular formula is C13H24N2O3. The zero-order chi connectivity index (χ0) is 13.5. The molecule has 0 aromatic rings. The van der Waals surface area contributed by atoms with E-state index in [9.17, 15) is 9.59 Å². The summed E-state index contributed by atoms with van der Waals surface area (Å²) in [6.45, 7) is 7.01. The maximum absolute atomic E-state index is 12.0. The third-order valence-corrected chi connectivity index (χ3v) is 2.97. The minimum atomic E-state index is -0.528. The smallest absolute Gasteiger partial charge is 0.328 e. The summed E-state index contributed by atoms with van der Waals surface area (Å²) in [5.41, 5.74) is 0. The summed E-state index contributed by atoms with van der Waals surface area (Å²) in [6.07, 6.45) is 2.45. The number of esters is 1. The van der Waals surface area contributed by atoms with Crippen molar-refractivity contribution in [3.63, 3.8) is 0 Å². The lowest BCUT2D eigenvalue weighted by molar-refractivity contribution is -0.148. The monoisotopic (exact) mass is 256 g/mol. The van der Waals surface area contributed by atoms with E-state index in [0.717, 1.165) is 19.4 Å². The first-order valence-corrected chi connectivity index (χ1v) is 6.75. The molecule has 0 bridgehead atoms. The second kappa shape index (κ2) is 7.36. The highest BCUT2D eigenvalue weighted by atomic mass is 16.5. The summed E-state index contributed by atoms with van der Waals surface area (Å²) in [5, 5.41) is 5.92. The molecular weight excluding hydrogens is 232 g/mol. The number of carbonyl (C=O) groups excluding carboxylic acids is 2. The van der Waals surface area contributed by atoms with Gasteiger partial charge in [-0.05, 0) is 38.6 Å². The van der Waals surface area contributed by atoms with Crippen molar-refractivity contribution in [2.24, 2.45) is 5.92 Å². The van der Waals surface area contributed by atoms with Crippen molar-refractivity contribution in [3.8, 4) is 0 Å². The van der Waals surface area contributed by atoms with E-state index in [1.165, 1.54) is 0 Å². The van der Waals surface area contributed by atoms with Crippen LogP contribution in [0.4, 0.5) is 0 Å². The number of hydrogen-bond acceptors (Lipinski definition) is 4. The molecule has 1 amide bonds. The number of amides is 1. The number of hydrogen-bond donors (Lipinski definition) is 2. The Balaban J connectivity index is 2.53. The number of carbonyl (C=O) groups is 2. The molecule has 0 radical (unpaired) electrons. The molecule has 0 aromatic carbocycles. The Hall–Kier alpha value is -1.10. The highest BCUT2D eigenvalue weighted by molar-refractivity contribution is 5.87. The van der Waals surface area contributed by atoms with Gasteiger partial charge in [0.1, 0.15) is 6.04 Å². The van der Waals surface area contributed by atoms with Crippen LogP contribution in [0.15, 0.2) is 0 Å². The summed E-state index contributed by atoms with van der Waals surface area (Å²) >= 11 is 0. The molecule has 0 aromatic heterocycles. The van der Waals surface area contributed by atoms with Gasteiger partial charge in [0, 0.05) is 0 Å². The van der Waals surface area contributed by atoms with Gasteiger partial charge in [0.25, 0.3) is 0 Å². The average molecular weight is 256 g/mol. The zero-order valence-electron chi connectivity index (χ0n) is 11.5. The quantitative estimate of drug-likeness (QED) is 0.691. The van der Waals surface area contributed by atoms with Crippen LogP contribution < -0.4 is 10.6 Å². The lowest BCUT2D eigenvalue weighted by atomic mass is 10.0. The molecule has 1 saturated heterocycles. The van der Waals surface area contributed by atoms with Crippen molar-refractivity contribution in [2.45, 2.75) is 52.1 Å². The Morgan fingerprint density at radius 3 is 2.67 bits per heavy atom. The minimum absolute atomic E-state index is 0.0915. The molecule has 1 aliphatic heterocycles. The van der Waals surface area contributed by atoms with Crippen molar-refractivity contribution in [3.05, 3.63) is 0 Å². The van der Waals surface area contributed by atoms with Crippen molar-refractivity contribution in [1.29, 1.82) is 0 Å². The number of nitrogens with one attached hydrogen (secondary N) is 2. The van der Waals surface area contributed by atoms with Gasteiger partial charge in [0.05, 0.1) is 12.6 Å². The van der Waals surface area contributed by atoms with Gasteiger partial charge in [0.15, 0.2) is 0 Å². The highest BCUT2D eigenvalue weighted by Crippen LogP contribution is 2.09. The fraction of sp³-hybridized carbons (Fsp3) is 0.846. The molecule has 2 atom stereocenters. The van der Waals surface area contributed by atoms with E-state index >= 15 is 0 Å². The van der Waals surface area contributed by atoms with Gasteiger partial charge in [-0.25, -0.2) is 4.79 Å². The maximum atomic E-state index is 12.0. The Labute approximate surface area is 109 Å². The summed E-state index contributed by atoms with van der Waals surface area (Å²) in [6, 6.07) is -0.686. The first kappa shape index (κ1) is 15.0. The number of rotatable bonds is 6. The third kappa shape index (κ3) is 4.64. The molecule has 0 aliphatic carbocycles. The van der Waals surface area contributed by atoms with Gasteiger partial charge in [0.2, 0.25) is 5.91 Å². The van der Waals surface area contributed by atoms with Crippen LogP contribution in [-0.2, 0) is 14.3 Å². The Morgan fingerprint density at radius 1 is 1.44 bits per heavy atom. The van der Waals surface area contributed by atoms with Gasteiger partial charge >= 0.3 is 5.97 Å². The van der Waals surface area contributed by atoms with Crippen LogP contribution >= 0.6 is 0 Å². The fourth-order valence-electron chi connectivity index (χ4n) is 2.11. The standard InChI is InChI=1S/C13H24N2O3/c1-4-18-13(17)11(8-9(2)3)15-12(16)10-6-5-7-14-10/h9-11,14H,4-8H2,1-3H3,(H,15,16)/t10-,11-/m0/s1. The number of ether oxygens (including phenoxy) is 1. The van der Waals surface area contributed by atoms with E-state index in [1.54, 1.807) is 6.92 Å². The lowest BCUT2D eigenvalue weighted by Crippen LogP contribution is -2.49. The van der Waals surface area contributed by atoms with Crippen LogP contribution in [0.1, 0.15) is 40.0 Å². The average Bonchev–Trinajstić information content (AvgIpc) is 2.81. The molecule has 0 saturated carbocycles. The van der Waals surface area contributed by atoms with E-state index in [0.29, 0.717) is 18.9 Å². The molecule has 18 heavy (non-hydrogen) atoms. The fourth-order valence-corrected chi connectivity index (χ4v) is 2.11. The van der Waals surface area contributed by atoms with E-state index in [-0.39, 0.29) is 17.9 Å². The first-order valence-electron chi connectivity index (χ1n) is 6.75. The van der Waals surface area contributed by atoms with Crippen LogP contribution in [0, 0.1) is 5.92 Å². The van der Waals surface area contributed by atoms with E-state index in [2.05, 4.69) is 10.6 Å². The Morgan fingerprint density at radius 2 is 2.17 bits per heavy atom. The second-order valence-electron chi connectivity index (χ2n) is 5.09. The minimum Gasteiger partial charge on any atom is -0.464 e. The lowest BCUT2D eigenvalue weighted by Gasteiger charge is -2.21. The van der Waals surface area contributed by atoms with Crippen LogP contribution in [0.5, 0.6) is 0 Å². The van der Waals surface area contributed by atoms with E-state index in [1.807, 2.05) is 13.8 Å². The van der Waals surface area contributed by atoms with Crippen LogP contribution in [-0.4, -0.2) is 37.1 Å². The predicted molar refractivity (Wildman–Crippen MR) is 69.0 cm³/mol. The Kier molecular flexibility index (Phi) is 6.12. The van der Waals surface area contributed by atoms with Gasteiger partial charge in [-0.15, -0.1) is 0 Å². The third-order valence-electron chi connectivity index (χ3n) is 2.97. The Bertz CT molecular complexity index is 286. The van der Waals surface area contributed by atoms with Crippen molar-refractivity contribution in [1.82, 2.24) is 10.6 Å². The molecule has 0 spiro atoms. The molecule has 1 fully saturated rings. The first-order chi connectivity index (χ1) is 8.54. The molecule has 0 unspecified atom stereocenters. The van der Waals surface area contributed by atoms with Crippen molar-refractivity contribution in [2.75, 3.05) is 13.2 Å². The second-order valence-corrected chi connectivity index (χ2v) is 5.09. The van der Waals surface area contributed by atoms with Crippen molar-refractivity contribution < 1.29 is 14.3 Å². The largest absolute Gasteiger partial charge is 0.464 e. The topological polar surface area (TPSA) is 67.4 Å². The van der Waals surface area contributed by atoms with Crippen LogP contribution in [0.2, 0.25) is 0 Å². The molecule has 5 nitrogen and oxygen atoms in total. The van der Waals surface area contributed by atoms with Crippen LogP contribution in [0.3, 0.4) is 0 Å². The van der Waals surface area contributed by atoms with E-state index < -0.39 is 6.04 Å². The van der Waals surface area contributed by atoms with Gasteiger partial charge in [-0.2, -0.15) is 0 Å². The highest BCUT2D eigenvalue weighted by Gasteiger charge is 2.28.